The van der Waals surface area contributed by atoms with Gasteiger partial charge in [-0.3, -0.25) is 19.5 Å². The number of ether oxygens (including phenoxy) is 1. The third-order valence-corrected chi connectivity index (χ3v) is 7.90. The fraction of sp³-hybridized carbons (Fsp3) is 0.600. The standard InChI is InChI=1S/C30H45N5O6S/c1-19(2)26(33-29(39)40)28(38)32-23(13-20-9-7-6-8-10-20)25(36)16-35-12-11-21(41-17-22-15-31-18-42-22)14-24(35)27(37)34-30(3,4)5/h6-10,15,18-19,21,23-26,33,36H,11-14,16-17H2,1-5H3,(H,32,38)(H,34,37)(H,39,40)/t21-,23+,24+,25-,26+/m1/s1. The number of aromatic nitrogens is 1. The molecule has 0 saturated carbocycles. The highest BCUT2D eigenvalue weighted by atomic mass is 32.1. The summed E-state index contributed by atoms with van der Waals surface area (Å²) >= 11 is 1.52. The van der Waals surface area contributed by atoms with E-state index >= 15 is 0 Å². The van der Waals surface area contributed by atoms with E-state index in [0.717, 1.165) is 10.4 Å². The number of thiazole rings is 1. The summed E-state index contributed by atoms with van der Waals surface area (Å²) in [6, 6.07) is 7.23. The van der Waals surface area contributed by atoms with Gasteiger partial charge >= 0.3 is 6.09 Å². The van der Waals surface area contributed by atoms with Gasteiger partial charge in [0, 0.05) is 24.8 Å². The average Bonchev–Trinajstić information content (AvgIpc) is 3.44. The number of aliphatic hydroxyl groups is 1. The maximum Gasteiger partial charge on any atom is 0.405 e. The summed E-state index contributed by atoms with van der Waals surface area (Å²) in [6.45, 7) is 10.4. The maximum absolute atomic E-state index is 13.5. The molecule has 3 amide bonds. The second-order valence-electron chi connectivity index (χ2n) is 12.2. The Labute approximate surface area is 252 Å². The summed E-state index contributed by atoms with van der Waals surface area (Å²) in [5.41, 5.74) is 2.23. The molecule has 0 unspecified atom stereocenters. The lowest BCUT2D eigenvalue weighted by atomic mass is 9.94. The van der Waals surface area contributed by atoms with Crippen LogP contribution in [0.4, 0.5) is 4.79 Å². The smallest absolute Gasteiger partial charge is 0.405 e. The molecule has 1 saturated heterocycles. The summed E-state index contributed by atoms with van der Waals surface area (Å²) in [6.07, 6.45) is 0.781. The number of carbonyl (C=O) groups is 3. The van der Waals surface area contributed by atoms with E-state index in [1.807, 2.05) is 56.0 Å². The fourth-order valence-corrected chi connectivity index (χ4v) is 5.56. The minimum Gasteiger partial charge on any atom is -0.465 e. The van der Waals surface area contributed by atoms with E-state index in [2.05, 4.69) is 20.9 Å². The minimum absolute atomic E-state index is 0.134. The highest BCUT2D eigenvalue weighted by Gasteiger charge is 2.38. The lowest BCUT2D eigenvalue weighted by molar-refractivity contribution is -0.134. The van der Waals surface area contributed by atoms with Crippen molar-refractivity contribution in [2.24, 2.45) is 5.92 Å². The quantitative estimate of drug-likeness (QED) is 0.234. The monoisotopic (exact) mass is 603 g/mol. The van der Waals surface area contributed by atoms with Crippen LogP contribution < -0.4 is 16.0 Å². The van der Waals surface area contributed by atoms with Crippen LogP contribution in [0.3, 0.4) is 0 Å². The zero-order chi connectivity index (χ0) is 30.9. The Bertz CT molecular complexity index is 1140. The first-order valence-corrected chi connectivity index (χ1v) is 15.3. The summed E-state index contributed by atoms with van der Waals surface area (Å²) < 4.78 is 6.14. The Balaban J connectivity index is 1.77. The summed E-state index contributed by atoms with van der Waals surface area (Å²) in [5, 5.41) is 29.0. The largest absolute Gasteiger partial charge is 0.465 e. The van der Waals surface area contributed by atoms with Crippen LogP contribution in [0, 0.1) is 5.92 Å². The number of carboxylic acid groups (broad SMARTS) is 1. The lowest BCUT2D eigenvalue weighted by Crippen LogP contribution is -2.60. The normalized spacial score (nSPS) is 20.0. The van der Waals surface area contributed by atoms with E-state index in [9.17, 15) is 24.6 Å². The van der Waals surface area contributed by atoms with Crippen LogP contribution in [0.25, 0.3) is 0 Å². The van der Waals surface area contributed by atoms with Crippen molar-refractivity contribution in [2.45, 2.75) is 96.4 Å². The number of hydrogen-bond acceptors (Lipinski definition) is 8. The van der Waals surface area contributed by atoms with Crippen molar-refractivity contribution in [3.05, 3.63) is 52.5 Å². The van der Waals surface area contributed by atoms with E-state index in [0.29, 0.717) is 32.4 Å². The van der Waals surface area contributed by atoms with Gasteiger partial charge in [-0.2, -0.15) is 0 Å². The SMILES string of the molecule is CC(C)[C@H](NC(=O)O)C(=O)N[C@@H](Cc1ccccc1)[C@H](O)CN1CC[C@@H](OCc2cncs2)C[C@H]1C(=O)NC(C)(C)C. The third kappa shape index (κ3) is 10.6. The minimum atomic E-state index is -1.29. The van der Waals surface area contributed by atoms with Crippen molar-refractivity contribution in [3.8, 4) is 0 Å². The van der Waals surface area contributed by atoms with Gasteiger partial charge in [0.2, 0.25) is 11.8 Å². The zero-order valence-electron chi connectivity index (χ0n) is 25.1. The van der Waals surface area contributed by atoms with Crippen LogP contribution in [-0.4, -0.2) is 87.0 Å². The summed E-state index contributed by atoms with van der Waals surface area (Å²) in [4.78, 5) is 45.1. The Morgan fingerprint density at radius 1 is 1.17 bits per heavy atom. The molecule has 42 heavy (non-hydrogen) atoms. The molecule has 232 valence electrons. The molecule has 5 N–H and O–H groups in total. The van der Waals surface area contributed by atoms with Crippen LogP contribution in [0.1, 0.15) is 57.9 Å². The number of benzene rings is 1. The van der Waals surface area contributed by atoms with Gasteiger partial charge in [-0.05, 0) is 51.5 Å². The number of amides is 3. The first-order valence-electron chi connectivity index (χ1n) is 14.4. The first kappa shape index (κ1) is 33.4. The van der Waals surface area contributed by atoms with Crippen LogP contribution in [0.2, 0.25) is 0 Å². The van der Waals surface area contributed by atoms with Crippen LogP contribution >= 0.6 is 11.3 Å². The van der Waals surface area contributed by atoms with E-state index in [1.165, 1.54) is 11.3 Å². The van der Waals surface area contributed by atoms with Crippen LogP contribution in [0.5, 0.6) is 0 Å². The highest BCUT2D eigenvalue weighted by Crippen LogP contribution is 2.24. The molecule has 11 nitrogen and oxygen atoms in total. The molecule has 0 aliphatic carbocycles. The molecule has 1 aliphatic rings. The first-order chi connectivity index (χ1) is 19.8. The number of nitrogens with zero attached hydrogens (tertiary/aromatic N) is 2. The highest BCUT2D eigenvalue weighted by molar-refractivity contribution is 7.09. The van der Waals surface area contributed by atoms with Gasteiger partial charge in [-0.25, -0.2) is 4.79 Å². The lowest BCUT2D eigenvalue weighted by Gasteiger charge is -2.41. The van der Waals surface area contributed by atoms with Gasteiger partial charge in [0.1, 0.15) is 6.04 Å². The molecule has 1 aromatic heterocycles. The number of piperidine rings is 1. The van der Waals surface area contributed by atoms with Crippen LogP contribution in [0.15, 0.2) is 42.0 Å². The molecule has 1 aliphatic heterocycles. The fourth-order valence-electron chi connectivity index (χ4n) is 5.05. The van der Waals surface area contributed by atoms with Crippen LogP contribution in [-0.2, 0) is 27.4 Å². The number of β-amino-alcohol motifs (C(OH)–C–C–N with tert-alkyl or cyclic N) is 1. The summed E-state index contributed by atoms with van der Waals surface area (Å²) in [7, 11) is 0. The van der Waals surface area contributed by atoms with Gasteiger partial charge in [0.25, 0.3) is 0 Å². The predicted octanol–water partition coefficient (Wildman–Crippen LogP) is 2.79. The number of aliphatic hydroxyl groups excluding tert-OH is 1. The number of likely N-dealkylation sites (tertiary alicyclic amines) is 1. The van der Waals surface area contributed by atoms with E-state index in [1.54, 1.807) is 25.6 Å². The molecule has 0 radical (unpaired) electrons. The topological polar surface area (TPSA) is 153 Å². The molecular weight excluding hydrogens is 558 g/mol. The van der Waals surface area contributed by atoms with Crippen molar-refractivity contribution in [3.63, 3.8) is 0 Å². The van der Waals surface area contributed by atoms with E-state index < -0.39 is 41.8 Å². The molecule has 0 bridgehead atoms. The van der Waals surface area contributed by atoms with E-state index in [-0.39, 0.29) is 24.5 Å². The molecule has 1 aromatic carbocycles. The molecule has 12 heteroatoms. The predicted molar refractivity (Wildman–Crippen MR) is 161 cm³/mol. The molecule has 3 rings (SSSR count). The van der Waals surface area contributed by atoms with Gasteiger partial charge in [-0.1, -0.05) is 44.2 Å². The van der Waals surface area contributed by atoms with Crippen molar-refractivity contribution < 1.29 is 29.3 Å². The van der Waals surface area contributed by atoms with Gasteiger partial charge in [-0.15, -0.1) is 11.3 Å². The number of hydrogen-bond donors (Lipinski definition) is 5. The number of carbonyl (C=O) groups excluding carboxylic acids is 2. The Morgan fingerprint density at radius 3 is 2.48 bits per heavy atom. The Kier molecular flexibility index (Phi) is 12.3. The molecule has 0 spiro atoms. The third-order valence-electron chi connectivity index (χ3n) is 7.15. The molecular formula is C30H45N5O6S. The summed E-state index contributed by atoms with van der Waals surface area (Å²) in [5.74, 6) is -0.954. The molecule has 2 heterocycles. The Morgan fingerprint density at radius 2 is 1.88 bits per heavy atom. The number of nitrogens with one attached hydrogen (secondary N) is 3. The zero-order valence-corrected chi connectivity index (χ0v) is 25.9. The maximum atomic E-state index is 13.5. The second-order valence-corrected chi connectivity index (χ2v) is 13.2. The van der Waals surface area contributed by atoms with Gasteiger partial charge in [0.05, 0.1) is 41.3 Å². The molecule has 1 fully saturated rings. The van der Waals surface area contributed by atoms with Crippen molar-refractivity contribution in [1.29, 1.82) is 0 Å². The van der Waals surface area contributed by atoms with E-state index in [4.69, 9.17) is 4.74 Å². The molecule has 5 atom stereocenters. The van der Waals surface area contributed by atoms with Gasteiger partial charge in [0.15, 0.2) is 0 Å². The average molecular weight is 604 g/mol. The van der Waals surface area contributed by atoms with Gasteiger partial charge < -0.3 is 30.9 Å². The van der Waals surface area contributed by atoms with Crippen molar-refractivity contribution in [1.82, 2.24) is 25.8 Å². The Hall–Kier alpha value is -3.06. The second kappa shape index (κ2) is 15.4. The van der Waals surface area contributed by atoms with Crippen molar-refractivity contribution >= 4 is 29.2 Å². The van der Waals surface area contributed by atoms with Crippen molar-refractivity contribution in [2.75, 3.05) is 13.1 Å². The number of rotatable bonds is 13. The molecule has 2 aromatic rings.